The minimum Gasteiger partial charge on any atom is -0.497 e. The van der Waals surface area contributed by atoms with E-state index in [-0.39, 0.29) is 5.91 Å². The van der Waals surface area contributed by atoms with Gasteiger partial charge in [0.25, 0.3) is 0 Å². The third-order valence-corrected chi connectivity index (χ3v) is 6.92. The van der Waals surface area contributed by atoms with E-state index in [0.29, 0.717) is 30.3 Å². The highest BCUT2D eigenvalue weighted by atomic mass is 32.1. The van der Waals surface area contributed by atoms with Gasteiger partial charge in [0, 0.05) is 43.2 Å². The first kappa shape index (κ1) is 25.5. The lowest BCUT2D eigenvalue weighted by Crippen LogP contribution is -2.47. The summed E-state index contributed by atoms with van der Waals surface area (Å²) in [4.78, 5) is 21.8. The van der Waals surface area contributed by atoms with Gasteiger partial charge in [-0.3, -0.25) is 9.69 Å². The van der Waals surface area contributed by atoms with E-state index >= 15 is 0 Å². The molecule has 0 atom stereocenters. The minimum absolute atomic E-state index is 0.0144. The summed E-state index contributed by atoms with van der Waals surface area (Å²) in [6, 6.07) is 11.6. The Balaban J connectivity index is 1.31. The molecule has 0 N–H and O–H groups in total. The first-order chi connectivity index (χ1) is 17.5. The van der Waals surface area contributed by atoms with Gasteiger partial charge in [0.05, 0.1) is 40.7 Å². The Labute approximate surface area is 215 Å². The zero-order valence-electron chi connectivity index (χ0n) is 21.0. The summed E-state index contributed by atoms with van der Waals surface area (Å²) in [7, 11) is 6.37. The molecule has 0 unspecified atom stereocenters. The molecule has 2 heterocycles. The van der Waals surface area contributed by atoms with Crippen LogP contribution in [0.5, 0.6) is 23.0 Å². The average molecular weight is 510 g/mol. The van der Waals surface area contributed by atoms with E-state index < -0.39 is 0 Å². The predicted molar refractivity (Wildman–Crippen MR) is 141 cm³/mol. The molecule has 2 aromatic carbocycles. The van der Waals surface area contributed by atoms with Crippen molar-refractivity contribution in [3.05, 3.63) is 58.4 Å². The number of carbonyl (C=O) groups is 1. The standard InChI is InChI=1S/C27H31N3O5S/c1-32-21-8-6-20(7-9-21)22-18-36-25(28-22)17-29-11-13-30(14-12-29)26(31)10-5-19-15-23(33-2)27(35-4)24(16-19)34-3/h5-10,15-16,18H,11-14,17H2,1-4H3/b10-5+. The van der Waals surface area contributed by atoms with Crippen molar-refractivity contribution in [2.24, 2.45) is 0 Å². The number of aromatic nitrogens is 1. The fourth-order valence-corrected chi connectivity index (χ4v) is 4.91. The van der Waals surface area contributed by atoms with E-state index in [0.717, 1.165) is 47.2 Å². The Morgan fingerprint density at radius 3 is 2.19 bits per heavy atom. The number of rotatable bonds is 9. The third kappa shape index (κ3) is 5.98. The molecule has 190 valence electrons. The lowest BCUT2D eigenvalue weighted by atomic mass is 10.1. The molecule has 9 heteroatoms. The summed E-state index contributed by atoms with van der Waals surface area (Å²) < 4.78 is 21.4. The van der Waals surface area contributed by atoms with Crippen LogP contribution < -0.4 is 18.9 Å². The molecule has 36 heavy (non-hydrogen) atoms. The second-order valence-electron chi connectivity index (χ2n) is 8.25. The minimum atomic E-state index is -0.0144. The highest BCUT2D eigenvalue weighted by Crippen LogP contribution is 2.38. The van der Waals surface area contributed by atoms with E-state index in [1.165, 1.54) is 0 Å². The molecule has 0 radical (unpaired) electrons. The lowest BCUT2D eigenvalue weighted by molar-refractivity contribution is -0.127. The second kappa shape index (κ2) is 11.9. The largest absolute Gasteiger partial charge is 0.497 e. The lowest BCUT2D eigenvalue weighted by Gasteiger charge is -2.33. The summed E-state index contributed by atoms with van der Waals surface area (Å²) >= 11 is 1.66. The van der Waals surface area contributed by atoms with Crippen molar-refractivity contribution in [3.8, 4) is 34.3 Å². The normalized spacial score (nSPS) is 14.2. The van der Waals surface area contributed by atoms with Crippen LogP contribution in [0.3, 0.4) is 0 Å². The number of hydrogen-bond donors (Lipinski definition) is 0. The second-order valence-corrected chi connectivity index (χ2v) is 9.19. The van der Waals surface area contributed by atoms with E-state index in [1.807, 2.05) is 41.3 Å². The van der Waals surface area contributed by atoms with Gasteiger partial charge < -0.3 is 23.8 Å². The predicted octanol–water partition coefficient (Wildman–Crippen LogP) is 4.20. The molecular weight excluding hydrogens is 478 g/mol. The van der Waals surface area contributed by atoms with Crippen molar-refractivity contribution in [2.45, 2.75) is 6.54 Å². The van der Waals surface area contributed by atoms with Gasteiger partial charge in [0.15, 0.2) is 11.5 Å². The van der Waals surface area contributed by atoms with Crippen LogP contribution in [0.1, 0.15) is 10.6 Å². The molecule has 1 fully saturated rings. The molecule has 0 spiro atoms. The van der Waals surface area contributed by atoms with Crippen molar-refractivity contribution in [3.63, 3.8) is 0 Å². The average Bonchev–Trinajstić information content (AvgIpc) is 3.39. The van der Waals surface area contributed by atoms with E-state index in [2.05, 4.69) is 10.3 Å². The fourth-order valence-electron chi connectivity index (χ4n) is 4.07. The molecule has 1 amide bonds. The zero-order valence-corrected chi connectivity index (χ0v) is 21.8. The van der Waals surface area contributed by atoms with Crippen LogP contribution in [0.25, 0.3) is 17.3 Å². The van der Waals surface area contributed by atoms with Crippen molar-refractivity contribution in [2.75, 3.05) is 54.6 Å². The molecule has 3 aromatic rings. The van der Waals surface area contributed by atoms with Crippen LogP contribution in [0.2, 0.25) is 0 Å². The highest BCUT2D eigenvalue weighted by Gasteiger charge is 2.21. The Bertz CT molecular complexity index is 1180. The first-order valence-electron chi connectivity index (χ1n) is 11.6. The molecule has 8 nitrogen and oxygen atoms in total. The molecular formula is C27H31N3O5S. The molecule has 0 aliphatic carbocycles. The molecule has 4 rings (SSSR count). The fraction of sp³-hybridized carbons (Fsp3) is 0.333. The monoisotopic (exact) mass is 509 g/mol. The summed E-state index contributed by atoms with van der Waals surface area (Å²) in [5, 5.41) is 3.16. The van der Waals surface area contributed by atoms with Crippen molar-refractivity contribution < 1.29 is 23.7 Å². The van der Waals surface area contributed by atoms with Crippen molar-refractivity contribution in [1.82, 2.24) is 14.8 Å². The third-order valence-electron chi connectivity index (χ3n) is 6.09. The van der Waals surface area contributed by atoms with Crippen LogP contribution in [0.4, 0.5) is 0 Å². The number of piperazine rings is 1. The zero-order chi connectivity index (χ0) is 25.5. The Hall–Kier alpha value is -3.56. The summed E-state index contributed by atoms with van der Waals surface area (Å²) in [5.41, 5.74) is 2.85. The van der Waals surface area contributed by atoms with Crippen molar-refractivity contribution >= 4 is 23.3 Å². The summed E-state index contributed by atoms with van der Waals surface area (Å²) in [5.74, 6) is 2.44. The maximum Gasteiger partial charge on any atom is 0.246 e. The molecule has 1 aliphatic rings. The van der Waals surface area contributed by atoms with E-state index in [4.69, 9.17) is 23.9 Å². The summed E-state index contributed by atoms with van der Waals surface area (Å²) in [6.45, 7) is 3.75. The number of ether oxygens (including phenoxy) is 4. The number of nitrogens with zero attached hydrogens (tertiary/aromatic N) is 3. The molecule has 0 saturated carbocycles. The topological polar surface area (TPSA) is 73.4 Å². The highest BCUT2D eigenvalue weighted by molar-refractivity contribution is 7.09. The SMILES string of the molecule is COc1ccc(-c2csc(CN3CCN(C(=O)/C=C/c4cc(OC)c(OC)c(OC)c4)CC3)n2)cc1. The maximum absolute atomic E-state index is 12.8. The number of benzene rings is 2. The number of methoxy groups -OCH3 is 4. The molecule has 1 saturated heterocycles. The van der Waals surface area contributed by atoms with Crippen molar-refractivity contribution in [1.29, 1.82) is 0 Å². The van der Waals surface area contributed by atoms with Gasteiger partial charge >= 0.3 is 0 Å². The van der Waals surface area contributed by atoms with Gasteiger partial charge in [-0.2, -0.15) is 0 Å². The number of amides is 1. The van der Waals surface area contributed by atoms with Gasteiger partial charge in [-0.25, -0.2) is 4.98 Å². The van der Waals surface area contributed by atoms with E-state index in [1.54, 1.807) is 51.9 Å². The van der Waals surface area contributed by atoms with E-state index in [9.17, 15) is 4.79 Å². The van der Waals surface area contributed by atoms with Crippen LogP contribution in [-0.2, 0) is 11.3 Å². The van der Waals surface area contributed by atoms with Gasteiger partial charge in [-0.1, -0.05) is 0 Å². The molecule has 1 aromatic heterocycles. The van der Waals surface area contributed by atoms with Crippen LogP contribution in [0, 0.1) is 0 Å². The Morgan fingerprint density at radius 2 is 1.61 bits per heavy atom. The van der Waals surface area contributed by atoms with Gasteiger partial charge in [0.2, 0.25) is 11.7 Å². The molecule has 1 aliphatic heterocycles. The smallest absolute Gasteiger partial charge is 0.246 e. The van der Waals surface area contributed by atoms with Crippen LogP contribution in [0.15, 0.2) is 47.9 Å². The number of thiazole rings is 1. The Morgan fingerprint density at radius 1 is 0.944 bits per heavy atom. The summed E-state index contributed by atoms with van der Waals surface area (Å²) in [6.07, 6.45) is 3.37. The maximum atomic E-state index is 12.8. The van der Waals surface area contributed by atoms with Gasteiger partial charge in [-0.05, 0) is 48.0 Å². The quantitative estimate of drug-likeness (QED) is 0.400. The van der Waals surface area contributed by atoms with Crippen LogP contribution in [-0.4, -0.2) is 75.3 Å². The number of carbonyl (C=O) groups excluding carboxylic acids is 1. The molecule has 0 bridgehead atoms. The van der Waals surface area contributed by atoms with Gasteiger partial charge in [-0.15, -0.1) is 11.3 Å². The first-order valence-corrected chi connectivity index (χ1v) is 12.5. The van der Waals surface area contributed by atoms with Crippen LogP contribution >= 0.6 is 11.3 Å². The Kier molecular flexibility index (Phi) is 8.45. The number of hydrogen-bond acceptors (Lipinski definition) is 8. The van der Waals surface area contributed by atoms with Gasteiger partial charge in [0.1, 0.15) is 10.8 Å².